The first-order chi connectivity index (χ1) is 16.3. The lowest BCUT2D eigenvalue weighted by Crippen LogP contribution is -2.29. The van der Waals surface area contributed by atoms with Crippen LogP contribution in [-0.4, -0.2) is 29.0 Å². The lowest BCUT2D eigenvalue weighted by Gasteiger charge is -2.28. The molecule has 6 nitrogen and oxygen atoms in total. The standard InChI is InChI=1S/C27H26N4O2/c32-27-24-11-5-6-12-25(24)29-26(20-33-23-9-3-1-4-10-23)31(27)28-19-21-13-15-22(16-14-21)30-17-7-2-8-18-30/h1,3-6,9-16,19H,2,7-8,17-18,20H2/b28-19+. The molecule has 1 aliphatic heterocycles. The van der Waals surface area contributed by atoms with Gasteiger partial charge in [0.05, 0.1) is 17.1 Å². The van der Waals surface area contributed by atoms with Gasteiger partial charge in [-0.25, -0.2) is 4.98 Å². The van der Waals surface area contributed by atoms with Crippen LogP contribution >= 0.6 is 0 Å². The number of fused-ring (bicyclic) bond motifs is 1. The van der Waals surface area contributed by atoms with Gasteiger partial charge in [-0.2, -0.15) is 9.78 Å². The summed E-state index contributed by atoms with van der Waals surface area (Å²) in [5.41, 5.74) is 2.57. The summed E-state index contributed by atoms with van der Waals surface area (Å²) in [4.78, 5) is 20.3. The Labute approximate surface area is 192 Å². The molecule has 5 rings (SSSR count). The van der Waals surface area contributed by atoms with Gasteiger partial charge in [-0.3, -0.25) is 4.79 Å². The molecular weight excluding hydrogens is 412 g/mol. The van der Waals surface area contributed by atoms with Crippen molar-refractivity contribution in [3.05, 3.63) is 101 Å². The fourth-order valence-electron chi connectivity index (χ4n) is 4.09. The summed E-state index contributed by atoms with van der Waals surface area (Å²) in [5.74, 6) is 1.16. The Hall–Kier alpha value is -3.93. The van der Waals surface area contributed by atoms with Crippen molar-refractivity contribution in [3.63, 3.8) is 0 Å². The topological polar surface area (TPSA) is 59.7 Å². The van der Waals surface area contributed by atoms with E-state index in [1.807, 2.05) is 60.7 Å². The zero-order chi connectivity index (χ0) is 22.5. The van der Waals surface area contributed by atoms with Gasteiger partial charge >= 0.3 is 0 Å². The Balaban J connectivity index is 1.43. The molecular formula is C27H26N4O2. The highest BCUT2D eigenvalue weighted by atomic mass is 16.5. The van der Waals surface area contributed by atoms with Crippen molar-refractivity contribution in [2.45, 2.75) is 25.9 Å². The van der Waals surface area contributed by atoms with E-state index in [-0.39, 0.29) is 12.2 Å². The number of rotatable bonds is 6. The van der Waals surface area contributed by atoms with E-state index in [1.54, 1.807) is 12.3 Å². The van der Waals surface area contributed by atoms with Gasteiger partial charge in [0, 0.05) is 18.8 Å². The Bertz CT molecular complexity index is 1310. The van der Waals surface area contributed by atoms with Gasteiger partial charge < -0.3 is 9.64 Å². The first-order valence-electron chi connectivity index (χ1n) is 11.4. The van der Waals surface area contributed by atoms with E-state index in [0.29, 0.717) is 22.5 Å². The molecule has 4 aromatic rings. The number of aromatic nitrogens is 2. The highest BCUT2D eigenvalue weighted by molar-refractivity contribution is 5.81. The van der Waals surface area contributed by atoms with Crippen molar-refractivity contribution in [1.82, 2.24) is 9.66 Å². The highest BCUT2D eigenvalue weighted by Crippen LogP contribution is 2.20. The molecule has 0 aliphatic carbocycles. The number of nitrogens with zero attached hydrogens (tertiary/aromatic N) is 4. The average Bonchev–Trinajstić information content (AvgIpc) is 2.88. The quantitative estimate of drug-likeness (QED) is 0.404. The summed E-state index contributed by atoms with van der Waals surface area (Å²) >= 11 is 0. The summed E-state index contributed by atoms with van der Waals surface area (Å²) in [6.07, 6.45) is 5.50. The third-order valence-corrected chi connectivity index (χ3v) is 5.87. The zero-order valence-electron chi connectivity index (χ0n) is 18.4. The molecule has 0 atom stereocenters. The number of piperidine rings is 1. The van der Waals surface area contributed by atoms with Crippen LogP contribution in [0.1, 0.15) is 30.7 Å². The SMILES string of the molecule is O=c1c2ccccc2nc(COc2ccccc2)n1/N=C/c1ccc(N2CCCCC2)cc1. The Morgan fingerprint density at radius 2 is 1.61 bits per heavy atom. The van der Waals surface area contributed by atoms with Crippen LogP contribution in [0.15, 0.2) is 88.8 Å². The maximum Gasteiger partial charge on any atom is 0.282 e. The van der Waals surface area contributed by atoms with Gasteiger partial charge in [0.25, 0.3) is 5.56 Å². The Kier molecular flexibility index (Phi) is 6.15. The molecule has 0 bridgehead atoms. The number of hydrogen-bond donors (Lipinski definition) is 0. The summed E-state index contributed by atoms with van der Waals surface area (Å²) in [5, 5.41) is 5.03. The minimum absolute atomic E-state index is 0.134. The van der Waals surface area contributed by atoms with Crippen molar-refractivity contribution in [2.24, 2.45) is 5.10 Å². The molecule has 0 unspecified atom stereocenters. The number of hydrogen-bond acceptors (Lipinski definition) is 5. The Morgan fingerprint density at radius 1 is 0.879 bits per heavy atom. The van der Waals surface area contributed by atoms with Crippen LogP contribution in [0, 0.1) is 0 Å². The molecule has 0 amide bonds. The van der Waals surface area contributed by atoms with Crippen molar-refractivity contribution in [3.8, 4) is 5.75 Å². The number of anilines is 1. The van der Waals surface area contributed by atoms with Crippen LogP contribution in [0.3, 0.4) is 0 Å². The van der Waals surface area contributed by atoms with Crippen LogP contribution in [0.4, 0.5) is 5.69 Å². The molecule has 0 saturated carbocycles. The van der Waals surface area contributed by atoms with Gasteiger partial charge in [0.2, 0.25) is 0 Å². The summed E-state index contributed by atoms with van der Waals surface area (Å²) < 4.78 is 7.21. The predicted octanol–water partition coefficient (Wildman–Crippen LogP) is 4.85. The molecule has 1 aliphatic rings. The summed E-state index contributed by atoms with van der Waals surface area (Å²) in [7, 11) is 0. The molecule has 3 aromatic carbocycles. The van der Waals surface area contributed by atoms with Gasteiger partial charge in [0.15, 0.2) is 5.82 Å². The van der Waals surface area contributed by atoms with E-state index in [2.05, 4.69) is 27.1 Å². The second-order valence-electron chi connectivity index (χ2n) is 8.15. The average molecular weight is 439 g/mol. The van der Waals surface area contributed by atoms with Crippen molar-refractivity contribution in [1.29, 1.82) is 0 Å². The van der Waals surface area contributed by atoms with Gasteiger partial charge in [0.1, 0.15) is 12.4 Å². The highest BCUT2D eigenvalue weighted by Gasteiger charge is 2.12. The van der Waals surface area contributed by atoms with Crippen molar-refractivity contribution < 1.29 is 4.74 Å². The van der Waals surface area contributed by atoms with E-state index >= 15 is 0 Å². The van der Waals surface area contributed by atoms with E-state index < -0.39 is 0 Å². The molecule has 0 spiro atoms. The Morgan fingerprint density at radius 3 is 2.39 bits per heavy atom. The summed E-state index contributed by atoms with van der Waals surface area (Å²) in [6.45, 7) is 2.35. The third kappa shape index (κ3) is 4.80. The monoisotopic (exact) mass is 438 g/mol. The number of para-hydroxylation sites is 2. The largest absolute Gasteiger partial charge is 0.486 e. The predicted molar refractivity (Wildman–Crippen MR) is 132 cm³/mol. The normalized spacial score (nSPS) is 14.1. The van der Waals surface area contributed by atoms with E-state index in [1.165, 1.54) is 29.6 Å². The van der Waals surface area contributed by atoms with Crippen LogP contribution in [-0.2, 0) is 6.61 Å². The van der Waals surface area contributed by atoms with Crippen LogP contribution in [0.2, 0.25) is 0 Å². The van der Waals surface area contributed by atoms with Gasteiger partial charge in [-0.1, -0.05) is 42.5 Å². The minimum Gasteiger partial charge on any atom is -0.486 e. The van der Waals surface area contributed by atoms with E-state index in [4.69, 9.17) is 4.74 Å². The van der Waals surface area contributed by atoms with Crippen molar-refractivity contribution in [2.75, 3.05) is 18.0 Å². The summed E-state index contributed by atoms with van der Waals surface area (Å²) in [6, 6.07) is 25.1. The maximum absolute atomic E-state index is 13.2. The van der Waals surface area contributed by atoms with Crippen LogP contribution < -0.4 is 15.2 Å². The molecule has 0 radical (unpaired) electrons. The lowest BCUT2D eigenvalue weighted by molar-refractivity contribution is 0.289. The number of ether oxygens (including phenoxy) is 1. The fourth-order valence-corrected chi connectivity index (χ4v) is 4.09. The minimum atomic E-state index is -0.214. The molecule has 1 fully saturated rings. The molecule has 6 heteroatoms. The second kappa shape index (κ2) is 9.69. The van der Waals surface area contributed by atoms with Crippen molar-refractivity contribution >= 4 is 22.8 Å². The fraction of sp³-hybridized carbons (Fsp3) is 0.222. The third-order valence-electron chi connectivity index (χ3n) is 5.87. The first kappa shape index (κ1) is 20.9. The first-order valence-corrected chi connectivity index (χ1v) is 11.4. The molecule has 0 N–H and O–H groups in total. The molecule has 1 saturated heterocycles. The number of benzene rings is 3. The second-order valence-corrected chi connectivity index (χ2v) is 8.15. The van der Waals surface area contributed by atoms with Gasteiger partial charge in [-0.05, 0) is 61.2 Å². The molecule has 166 valence electrons. The van der Waals surface area contributed by atoms with Gasteiger partial charge in [-0.15, -0.1) is 0 Å². The van der Waals surface area contributed by atoms with Crippen LogP contribution in [0.25, 0.3) is 10.9 Å². The lowest BCUT2D eigenvalue weighted by atomic mass is 10.1. The zero-order valence-corrected chi connectivity index (χ0v) is 18.4. The van der Waals surface area contributed by atoms with Crippen LogP contribution in [0.5, 0.6) is 5.75 Å². The molecule has 1 aromatic heterocycles. The van der Waals surface area contributed by atoms with E-state index in [0.717, 1.165) is 18.7 Å². The maximum atomic E-state index is 13.2. The van der Waals surface area contributed by atoms with E-state index in [9.17, 15) is 4.79 Å². The smallest absolute Gasteiger partial charge is 0.282 e. The molecule has 2 heterocycles. The molecule has 33 heavy (non-hydrogen) atoms.